The maximum absolute atomic E-state index is 13.0. The first-order valence-corrected chi connectivity index (χ1v) is 10.3. The van der Waals surface area contributed by atoms with Crippen molar-refractivity contribution < 1.29 is 33.3 Å². The summed E-state index contributed by atoms with van der Waals surface area (Å²) in [5.74, 6) is -2.92. The lowest BCUT2D eigenvalue weighted by Crippen LogP contribution is -2.59. The van der Waals surface area contributed by atoms with Crippen LogP contribution in [0.4, 0.5) is 0 Å². The van der Waals surface area contributed by atoms with Crippen LogP contribution in [0.5, 0.6) is 0 Å². The van der Waals surface area contributed by atoms with Gasteiger partial charge in [0, 0.05) is 29.6 Å². The molecule has 0 amide bonds. The molecule has 0 aromatic heterocycles. The van der Waals surface area contributed by atoms with Crippen molar-refractivity contribution in [3.63, 3.8) is 0 Å². The van der Waals surface area contributed by atoms with Gasteiger partial charge >= 0.3 is 17.9 Å². The molecular weight excluding hydrogens is 376 g/mol. The molecule has 0 aromatic carbocycles. The van der Waals surface area contributed by atoms with Gasteiger partial charge in [0.1, 0.15) is 18.1 Å². The van der Waals surface area contributed by atoms with Crippen molar-refractivity contribution in [2.24, 2.45) is 17.3 Å². The van der Waals surface area contributed by atoms with Gasteiger partial charge in [-0.2, -0.15) is 0 Å². The second-order valence-electron chi connectivity index (χ2n) is 8.67. The molecule has 6 atom stereocenters. The third-order valence-electron chi connectivity index (χ3n) is 7.32. The number of carbonyl (C=O) groups excluding carboxylic acids is 3. The molecule has 0 radical (unpaired) electrons. The Morgan fingerprint density at radius 1 is 1.31 bits per heavy atom. The number of esters is 3. The molecule has 7 nitrogen and oxygen atoms in total. The number of hydrogen-bond donors (Lipinski definition) is 0. The Kier molecular flexibility index (Phi) is 4.64. The summed E-state index contributed by atoms with van der Waals surface area (Å²) in [7, 11) is 0. The molecule has 4 aliphatic rings. The first-order chi connectivity index (χ1) is 13.7. The van der Waals surface area contributed by atoms with Crippen molar-refractivity contribution in [1.29, 1.82) is 0 Å². The van der Waals surface area contributed by atoms with Crippen LogP contribution in [0.1, 0.15) is 53.9 Å². The Labute approximate surface area is 170 Å². The molecule has 0 spiro atoms. The average molecular weight is 404 g/mol. The minimum Gasteiger partial charge on any atom is -0.458 e. The van der Waals surface area contributed by atoms with E-state index in [1.165, 1.54) is 0 Å². The van der Waals surface area contributed by atoms with E-state index in [0.29, 0.717) is 36.2 Å². The minimum absolute atomic E-state index is 0.0377. The van der Waals surface area contributed by atoms with Gasteiger partial charge in [0.15, 0.2) is 0 Å². The highest BCUT2D eigenvalue weighted by atomic mass is 16.7. The van der Waals surface area contributed by atoms with Gasteiger partial charge in [-0.1, -0.05) is 13.0 Å². The Hall–Kier alpha value is -2.15. The van der Waals surface area contributed by atoms with E-state index in [2.05, 4.69) is 0 Å². The molecule has 0 aromatic rings. The molecule has 3 fully saturated rings. The summed E-state index contributed by atoms with van der Waals surface area (Å²) < 4.78 is 23.3. The zero-order valence-corrected chi connectivity index (χ0v) is 17.6. The Bertz CT molecular complexity index is 840. The van der Waals surface area contributed by atoms with Crippen molar-refractivity contribution in [3.05, 3.63) is 22.8 Å². The van der Waals surface area contributed by atoms with Crippen LogP contribution in [0.2, 0.25) is 0 Å². The molecule has 0 N–H and O–H groups in total. The minimum atomic E-state index is -1.16. The van der Waals surface area contributed by atoms with Crippen molar-refractivity contribution in [2.75, 3.05) is 6.61 Å². The zero-order chi connectivity index (χ0) is 21.1. The highest BCUT2D eigenvalue weighted by Crippen LogP contribution is 2.64. The largest absolute Gasteiger partial charge is 0.458 e. The van der Waals surface area contributed by atoms with Crippen LogP contribution < -0.4 is 0 Å². The van der Waals surface area contributed by atoms with E-state index < -0.39 is 41.3 Å². The summed E-state index contributed by atoms with van der Waals surface area (Å²) in [6.45, 7) is 9.40. The second-order valence-corrected chi connectivity index (χ2v) is 8.67. The van der Waals surface area contributed by atoms with Gasteiger partial charge in [0.25, 0.3) is 0 Å². The van der Waals surface area contributed by atoms with Gasteiger partial charge in [0.2, 0.25) is 5.79 Å². The molecular formula is C22H28O7. The van der Waals surface area contributed by atoms with E-state index in [9.17, 15) is 14.4 Å². The summed E-state index contributed by atoms with van der Waals surface area (Å²) >= 11 is 0. The number of allylic oxidation sites excluding steroid dienone is 1. The lowest BCUT2D eigenvalue weighted by molar-refractivity contribution is -0.236. The SMILES string of the molecule is C/C=C(/C)C(=O)O[C@H]1CC[C@@H]2C[C@]3(OCC)OC(=O)C(C)=C3[C@@H]3OC(=O)[C@@H]1[C@]23C. The van der Waals surface area contributed by atoms with E-state index in [1.807, 2.05) is 13.8 Å². The fourth-order valence-corrected chi connectivity index (χ4v) is 5.71. The molecule has 2 aliphatic carbocycles. The van der Waals surface area contributed by atoms with Gasteiger partial charge in [-0.3, -0.25) is 4.79 Å². The van der Waals surface area contributed by atoms with Crippen molar-refractivity contribution in [2.45, 2.75) is 71.9 Å². The highest BCUT2D eigenvalue weighted by Gasteiger charge is 2.72. The predicted molar refractivity (Wildman–Crippen MR) is 101 cm³/mol. The van der Waals surface area contributed by atoms with Crippen LogP contribution >= 0.6 is 0 Å². The first kappa shape index (κ1) is 20.1. The topological polar surface area (TPSA) is 88.1 Å². The molecule has 0 bridgehead atoms. The van der Waals surface area contributed by atoms with E-state index in [4.69, 9.17) is 18.9 Å². The fraction of sp³-hybridized carbons (Fsp3) is 0.682. The van der Waals surface area contributed by atoms with Gasteiger partial charge in [0.05, 0.1) is 5.57 Å². The monoisotopic (exact) mass is 404 g/mol. The number of carbonyl (C=O) groups is 3. The third-order valence-corrected chi connectivity index (χ3v) is 7.32. The number of rotatable bonds is 4. The third kappa shape index (κ3) is 2.62. The molecule has 158 valence electrons. The molecule has 2 aliphatic heterocycles. The smallest absolute Gasteiger partial charge is 0.336 e. The maximum atomic E-state index is 13.0. The van der Waals surface area contributed by atoms with E-state index in [-0.39, 0.29) is 11.9 Å². The van der Waals surface area contributed by atoms with E-state index in [1.54, 1.807) is 26.8 Å². The molecule has 29 heavy (non-hydrogen) atoms. The molecule has 0 unspecified atom stereocenters. The highest BCUT2D eigenvalue weighted by molar-refractivity contribution is 5.93. The molecule has 7 heteroatoms. The quantitative estimate of drug-likeness (QED) is 0.404. The lowest BCUT2D eigenvalue weighted by atomic mass is 9.52. The summed E-state index contributed by atoms with van der Waals surface area (Å²) in [6.07, 6.45) is 2.29. The normalized spacial score (nSPS) is 40.9. The van der Waals surface area contributed by atoms with Gasteiger partial charge < -0.3 is 18.9 Å². The summed E-state index contributed by atoms with van der Waals surface area (Å²) in [5, 5.41) is 0. The Balaban J connectivity index is 1.74. The average Bonchev–Trinajstić information content (AvgIpc) is 3.07. The van der Waals surface area contributed by atoms with Crippen LogP contribution in [0, 0.1) is 17.3 Å². The van der Waals surface area contributed by atoms with Crippen LogP contribution in [0.3, 0.4) is 0 Å². The molecule has 1 saturated heterocycles. The second kappa shape index (κ2) is 6.69. The predicted octanol–water partition coefficient (Wildman–Crippen LogP) is 2.83. The summed E-state index contributed by atoms with van der Waals surface area (Å²) in [4.78, 5) is 37.8. The zero-order valence-electron chi connectivity index (χ0n) is 17.6. The van der Waals surface area contributed by atoms with Crippen LogP contribution in [-0.2, 0) is 33.3 Å². The van der Waals surface area contributed by atoms with Gasteiger partial charge in [-0.25, -0.2) is 9.59 Å². The van der Waals surface area contributed by atoms with Gasteiger partial charge in [-0.15, -0.1) is 0 Å². The standard InChI is InChI=1S/C22H28O7/c1-6-11(3)18(23)27-14-9-8-13-10-22(26-7-2)15(12(4)19(24)29-22)17-21(13,5)16(14)20(25)28-17/h6,13-14,16-17H,7-10H2,1-5H3/b11-6-/t13-,14+,16-,17+,21+,22+/m1/s1. The van der Waals surface area contributed by atoms with Crippen molar-refractivity contribution in [1.82, 2.24) is 0 Å². The van der Waals surface area contributed by atoms with Gasteiger partial charge in [-0.05, 0) is 46.5 Å². The van der Waals surface area contributed by atoms with E-state index in [0.717, 1.165) is 6.42 Å². The molecule has 2 heterocycles. The van der Waals surface area contributed by atoms with E-state index >= 15 is 0 Å². The van der Waals surface area contributed by atoms with Crippen molar-refractivity contribution >= 4 is 17.9 Å². The molecule has 2 saturated carbocycles. The van der Waals surface area contributed by atoms with Crippen LogP contribution in [0.15, 0.2) is 22.8 Å². The Morgan fingerprint density at radius 2 is 2.03 bits per heavy atom. The van der Waals surface area contributed by atoms with Crippen LogP contribution in [-0.4, -0.2) is 42.5 Å². The fourth-order valence-electron chi connectivity index (χ4n) is 5.71. The van der Waals surface area contributed by atoms with Crippen molar-refractivity contribution in [3.8, 4) is 0 Å². The summed E-state index contributed by atoms with van der Waals surface area (Å²) in [6, 6.07) is 0. The van der Waals surface area contributed by atoms with Crippen LogP contribution in [0.25, 0.3) is 0 Å². The maximum Gasteiger partial charge on any atom is 0.336 e. The number of ether oxygens (including phenoxy) is 4. The lowest BCUT2D eigenvalue weighted by Gasteiger charge is -2.53. The number of fused-ring (bicyclic) bond motifs is 2. The Morgan fingerprint density at radius 3 is 2.69 bits per heavy atom. The number of hydrogen-bond acceptors (Lipinski definition) is 7. The first-order valence-electron chi connectivity index (χ1n) is 10.3. The molecule has 4 rings (SSSR count). The summed E-state index contributed by atoms with van der Waals surface area (Å²) in [5.41, 5.74) is 0.985.